The Hall–Kier alpha value is -0.780. The van der Waals surface area contributed by atoms with Gasteiger partial charge < -0.3 is 10.3 Å². The average molecular weight is 340 g/mol. The highest BCUT2D eigenvalue weighted by Crippen LogP contribution is 2.31. The fourth-order valence-electron chi connectivity index (χ4n) is 1.78. The van der Waals surface area contributed by atoms with Crippen LogP contribution in [0.3, 0.4) is 0 Å². The van der Waals surface area contributed by atoms with E-state index in [0.717, 1.165) is 22.5 Å². The van der Waals surface area contributed by atoms with E-state index in [1.165, 1.54) is 10.5 Å². The van der Waals surface area contributed by atoms with Gasteiger partial charge in [-0.05, 0) is 36.6 Å². The highest BCUT2D eigenvalue weighted by Gasteiger charge is 2.11. The molecule has 1 unspecified atom stereocenters. The Morgan fingerprint density at radius 1 is 1.47 bits per heavy atom. The van der Waals surface area contributed by atoms with Crippen molar-refractivity contribution in [2.24, 2.45) is 12.8 Å². The molecule has 1 atom stereocenters. The molecule has 102 valence electrons. The van der Waals surface area contributed by atoms with Gasteiger partial charge in [0.05, 0.1) is 0 Å². The van der Waals surface area contributed by atoms with E-state index in [4.69, 9.17) is 5.73 Å². The standard InChI is InChI=1S/C14H18BrN3S/c1-3-12(16)9-10-8-11(15)4-5-13(10)19-14-17-6-7-18(14)2/h4-8,12H,3,9,16H2,1-2H3. The maximum atomic E-state index is 6.08. The van der Waals surface area contributed by atoms with Crippen LogP contribution in [0.25, 0.3) is 0 Å². The Morgan fingerprint density at radius 2 is 2.26 bits per heavy atom. The number of aromatic nitrogens is 2. The second kappa shape index (κ2) is 6.59. The van der Waals surface area contributed by atoms with E-state index in [1.807, 2.05) is 24.0 Å². The summed E-state index contributed by atoms with van der Waals surface area (Å²) in [6, 6.07) is 6.55. The lowest BCUT2D eigenvalue weighted by Gasteiger charge is -2.13. The van der Waals surface area contributed by atoms with Crippen LogP contribution in [0, 0.1) is 0 Å². The SMILES string of the molecule is CCC(N)Cc1cc(Br)ccc1Sc1nccn1C. The second-order valence-corrected chi connectivity index (χ2v) is 6.47. The molecule has 0 amide bonds. The molecular formula is C14H18BrN3S. The monoisotopic (exact) mass is 339 g/mol. The molecule has 3 nitrogen and oxygen atoms in total. The van der Waals surface area contributed by atoms with Crippen LogP contribution in [0.5, 0.6) is 0 Å². The fourth-order valence-corrected chi connectivity index (χ4v) is 3.12. The van der Waals surface area contributed by atoms with Gasteiger partial charge in [0.1, 0.15) is 0 Å². The molecule has 0 fully saturated rings. The van der Waals surface area contributed by atoms with Gasteiger partial charge in [0.2, 0.25) is 0 Å². The largest absolute Gasteiger partial charge is 0.329 e. The molecule has 0 aliphatic rings. The van der Waals surface area contributed by atoms with Crippen molar-refractivity contribution < 1.29 is 0 Å². The molecule has 0 spiro atoms. The Balaban J connectivity index is 2.26. The van der Waals surface area contributed by atoms with Crippen LogP contribution in [-0.2, 0) is 13.5 Å². The van der Waals surface area contributed by atoms with Crippen LogP contribution in [0.4, 0.5) is 0 Å². The van der Waals surface area contributed by atoms with Crippen molar-refractivity contribution in [1.29, 1.82) is 0 Å². The van der Waals surface area contributed by atoms with Gasteiger partial charge in [0.25, 0.3) is 0 Å². The number of imidazole rings is 1. The summed E-state index contributed by atoms with van der Waals surface area (Å²) in [6.45, 7) is 2.12. The molecule has 0 saturated heterocycles. The maximum Gasteiger partial charge on any atom is 0.172 e. The van der Waals surface area contributed by atoms with Crippen molar-refractivity contribution in [3.63, 3.8) is 0 Å². The lowest BCUT2D eigenvalue weighted by molar-refractivity contribution is 0.640. The molecule has 0 aliphatic carbocycles. The molecule has 0 radical (unpaired) electrons. The number of halogens is 1. The van der Waals surface area contributed by atoms with E-state index in [2.05, 4.69) is 46.0 Å². The van der Waals surface area contributed by atoms with E-state index >= 15 is 0 Å². The van der Waals surface area contributed by atoms with Crippen molar-refractivity contribution in [3.8, 4) is 0 Å². The summed E-state index contributed by atoms with van der Waals surface area (Å²) in [5.74, 6) is 0. The lowest BCUT2D eigenvalue weighted by atomic mass is 10.1. The molecule has 2 aromatic rings. The number of hydrogen-bond acceptors (Lipinski definition) is 3. The Bertz CT molecular complexity index is 553. The third-order valence-corrected chi connectivity index (χ3v) is 4.69. The minimum atomic E-state index is 0.204. The molecular weight excluding hydrogens is 322 g/mol. The van der Waals surface area contributed by atoms with Gasteiger partial charge in [-0.15, -0.1) is 0 Å². The summed E-state index contributed by atoms with van der Waals surface area (Å²) in [5.41, 5.74) is 7.36. The Kier molecular flexibility index (Phi) is 5.07. The zero-order chi connectivity index (χ0) is 13.8. The number of benzene rings is 1. The first-order chi connectivity index (χ1) is 9.10. The van der Waals surface area contributed by atoms with E-state index < -0.39 is 0 Å². The number of rotatable bonds is 5. The molecule has 5 heteroatoms. The van der Waals surface area contributed by atoms with Gasteiger partial charge in [-0.1, -0.05) is 34.6 Å². The van der Waals surface area contributed by atoms with Crippen LogP contribution < -0.4 is 5.73 Å². The predicted octanol–water partition coefficient (Wildman–Crippen LogP) is 3.61. The normalized spacial score (nSPS) is 12.6. The number of nitrogens with zero attached hydrogens (tertiary/aromatic N) is 2. The first kappa shape index (κ1) is 14.6. The average Bonchev–Trinajstić information content (AvgIpc) is 2.78. The Morgan fingerprint density at radius 3 is 2.89 bits per heavy atom. The number of nitrogens with two attached hydrogens (primary N) is 1. The van der Waals surface area contributed by atoms with Gasteiger partial charge in [-0.2, -0.15) is 0 Å². The molecule has 1 heterocycles. The van der Waals surface area contributed by atoms with Gasteiger partial charge in [0, 0.05) is 34.9 Å². The maximum absolute atomic E-state index is 6.08. The molecule has 2 N–H and O–H groups in total. The molecule has 1 aromatic carbocycles. The summed E-state index contributed by atoms with van der Waals surface area (Å²) < 4.78 is 3.12. The summed E-state index contributed by atoms with van der Waals surface area (Å²) in [5, 5.41) is 0.994. The molecule has 0 aliphatic heterocycles. The van der Waals surface area contributed by atoms with E-state index in [1.54, 1.807) is 11.8 Å². The number of hydrogen-bond donors (Lipinski definition) is 1. The summed E-state index contributed by atoms with van der Waals surface area (Å²) >= 11 is 5.21. The highest BCUT2D eigenvalue weighted by atomic mass is 79.9. The first-order valence-electron chi connectivity index (χ1n) is 6.29. The quantitative estimate of drug-likeness (QED) is 0.904. The zero-order valence-corrected chi connectivity index (χ0v) is 13.5. The third-order valence-electron chi connectivity index (χ3n) is 3.01. The molecule has 19 heavy (non-hydrogen) atoms. The fraction of sp³-hybridized carbons (Fsp3) is 0.357. The van der Waals surface area contributed by atoms with Gasteiger partial charge in [-0.25, -0.2) is 4.98 Å². The van der Waals surface area contributed by atoms with Crippen molar-refractivity contribution in [1.82, 2.24) is 9.55 Å². The summed E-state index contributed by atoms with van der Waals surface area (Å²) in [4.78, 5) is 5.58. The van der Waals surface area contributed by atoms with Crippen molar-refractivity contribution in [3.05, 3.63) is 40.6 Å². The highest BCUT2D eigenvalue weighted by molar-refractivity contribution is 9.10. The molecule has 2 rings (SSSR count). The van der Waals surface area contributed by atoms with Gasteiger partial charge in [0.15, 0.2) is 5.16 Å². The second-order valence-electron chi connectivity index (χ2n) is 4.55. The van der Waals surface area contributed by atoms with Crippen molar-refractivity contribution in [2.75, 3.05) is 0 Å². The van der Waals surface area contributed by atoms with Gasteiger partial charge in [-0.3, -0.25) is 0 Å². The van der Waals surface area contributed by atoms with Crippen molar-refractivity contribution in [2.45, 2.75) is 35.9 Å². The zero-order valence-electron chi connectivity index (χ0n) is 11.1. The minimum Gasteiger partial charge on any atom is -0.329 e. The topological polar surface area (TPSA) is 43.8 Å². The smallest absolute Gasteiger partial charge is 0.172 e. The lowest BCUT2D eigenvalue weighted by Crippen LogP contribution is -2.21. The molecule has 0 saturated carbocycles. The molecule has 0 bridgehead atoms. The van der Waals surface area contributed by atoms with Crippen LogP contribution in [-0.4, -0.2) is 15.6 Å². The first-order valence-corrected chi connectivity index (χ1v) is 7.90. The van der Waals surface area contributed by atoms with Crippen LogP contribution in [0.1, 0.15) is 18.9 Å². The van der Waals surface area contributed by atoms with Crippen LogP contribution >= 0.6 is 27.7 Å². The van der Waals surface area contributed by atoms with E-state index in [-0.39, 0.29) is 6.04 Å². The van der Waals surface area contributed by atoms with Gasteiger partial charge >= 0.3 is 0 Å². The number of aryl methyl sites for hydroxylation is 1. The van der Waals surface area contributed by atoms with Crippen LogP contribution in [0.2, 0.25) is 0 Å². The van der Waals surface area contributed by atoms with Crippen molar-refractivity contribution >= 4 is 27.7 Å². The van der Waals surface area contributed by atoms with E-state index in [0.29, 0.717) is 0 Å². The molecule has 1 aromatic heterocycles. The Labute approximate surface area is 126 Å². The predicted molar refractivity (Wildman–Crippen MR) is 83.4 cm³/mol. The minimum absolute atomic E-state index is 0.204. The third kappa shape index (κ3) is 3.84. The summed E-state index contributed by atoms with van der Waals surface area (Å²) in [6.07, 6.45) is 5.65. The summed E-state index contributed by atoms with van der Waals surface area (Å²) in [7, 11) is 2.01. The van der Waals surface area contributed by atoms with E-state index in [9.17, 15) is 0 Å². The van der Waals surface area contributed by atoms with Crippen LogP contribution in [0.15, 0.2) is 45.1 Å².